The molecule has 1 fully saturated rings. The van der Waals surface area contributed by atoms with Gasteiger partial charge in [0, 0.05) is 18.7 Å². The number of aliphatic hydroxyl groups excluding tert-OH is 1. The zero-order valence-corrected chi connectivity index (χ0v) is 13.7. The number of nitrogens with one attached hydrogen (secondary N) is 2. The molecule has 3 N–H and O–H groups in total. The number of halogens is 1. The van der Waals surface area contributed by atoms with Crippen LogP contribution in [0.2, 0.25) is 0 Å². The van der Waals surface area contributed by atoms with E-state index >= 15 is 0 Å². The fourth-order valence-electron chi connectivity index (χ4n) is 2.78. The third-order valence-electron chi connectivity index (χ3n) is 4.26. The monoisotopic (exact) mass is 344 g/mol. The Morgan fingerprint density at radius 2 is 1.88 bits per heavy atom. The van der Waals surface area contributed by atoms with Gasteiger partial charge in [0.25, 0.3) is 5.91 Å². The van der Waals surface area contributed by atoms with Gasteiger partial charge >= 0.3 is 0 Å². The Bertz CT molecular complexity index is 694. The highest BCUT2D eigenvalue weighted by atomic mass is 19.1. The highest BCUT2D eigenvalue weighted by molar-refractivity contribution is 5.94. The van der Waals surface area contributed by atoms with Crippen LogP contribution in [0.1, 0.15) is 15.9 Å². The maximum Gasteiger partial charge on any atom is 0.251 e. The molecule has 1 heterocycles. The Balaban J connectivity index is 1.46. The first-order valence-electron chi connectivity index (χ1n) is 8.24. The lowest BCUT2D eigenvalue weighted by molar-refractivity contribution is 0.0398. The first kappa shape index (κ1) is 17.5. The third kappa shape index (κ3) is 4.63. The molecule has 6 heteroatoms. The fraction of sp³-hybridized carbons (Fsp3) is 0.316. The molecular weight excluding hydrogens is 323 g/mol. The van der Waals surface area contributed by atoms with Gasteiger partial charge in [-0.25, -0.2) is 4.39 Å². The topological polar surface area (TPSA) is 70.6 Å². The van der Waals surface area contributed by atoms with E-state index in [1.807, 2.05) is 30.3 Å². The number of aliphatic hydroxyl groups is 1. The van der Waals surface area contributed by atoms with E-state index < -0.39 is 18.0 Å². The van der Waals surface area contributed by atoms with Crippen LogP contribution in [0.25, 0.3) is 0 Å². The predicted octanol–water partition coefficient (Wildman–Crippen LogP) is 1.47. The van der Waals surface area contributed by atoms with Crippen LogP contribution in [0.3, 0.4) is 0 Å². The number of amides is 1. The van der Waals surface area contributed by atoms with Crippen molar-refractivity contribution in [3.63, 3.8) is 0 Å². The van der Waals surface area contributed by atoms with E-state index in [-0.39, 0.29) is 18.5 Å². The van der Waals surface area contributed by atoms with Crippen LogP contribution in [-0.4, -0.2) is 42.4 Å². The fourth-order valence-corrected chi connectivity index (χ4v) is 2.78. The number of carbonyl (C=O) groups is 1. The normalized spacial score (nSPS) is 22.7. The van der Waals surface area contributed by atoms with Crippen molar-refractivity contribution in [2.24, 2.45) is 0 Å². The van der Waals surface area contributed by atoms with Crippen molar-refractivity contribution in [2.75, 3.05) is 13.2 Å². The van der Waals surface area contributed by atoms with Gasteiger partial charge in [-0.3, -0.25) is 4.79 Å². The molecule has 132 valence electrons. The van der Waals surface area contributed by atoms with Gasteiger partial charge in [-0.2, -0.15) is 0 Å². The Hall–Kier alpha value is -2.28. The van der Waals surface area contributed by atoms with Crippen molar-refractivity contribution in [3.05, 3.63) is 71.5 Å². The molecule has 1 aliphatic rings. The smallest absolute Gasteiger partial charge is 0.251 e. The number of benzene rings is 2. The minimum absolute atomic E-state index is 0.187. The molecule has 3 atom stereocenters. The van der Waals surface area contributed by atoms with Crippen molar-refractivity contribution >= 4 is 5.91 Å². The number of rotatable bonds is 6. The van der Waals surface area contributed by atoms with Crippen LogP contribution in [0.4, 0.5) is 4.39 Å². The second-order valence-corrected chi connectivity index (χ2v) is 6.05. The lowest BCUT2D eigenvalue weighted by Crippen LogP contribution is -2.44. The van der Waals surface area contributed by atoms with Crippen molar-refractivity contribution < 1.29 is 19.0 Å². The molecule has 1 amide bonds. The molecular formula is C19H21FN2O3. The zero-order chi connectivity index (χ0) is 17.6. The standard InChI is InChI=1S/C19H21FN2O3/c20-15-8-6-14(7-9-15)19(24)22-11-17-18(23)16(12-25-17)21-10-13-4-2-1-3-5-13/h1-9,16-18,21,23H,10-12H2,(H,22,24)/t16-,17-,18+/m1/s1. The van der Waals surface area contributed by atoms with Crippen LogP contribution in [0, 0.1) is 5.82 Å². The lowest BCUT2D eigenvalue weighted by Gasteiger charge is -2.19. The maximum atomic E-state index is 12.9. The molecule has 0 bridgehead atoms. The first-order chi connectivity index (χ1) is 12.1. The van der Waals surface area contributed by atoms with Crippen molar-refractivity contribution in [1.82, 2.24) is 10.6 Å². The summed E-state index contributed by atoms with van der Waals surface area (Å²) < 4.78 is 18.5. The summed E-state index contributed by atoms with van der Waals surface area (Å²) in [5.74, 6) is -0.713. The molecule has 5 nitrogen and oxygen atoms in total. The van der Waals surface area contributed by atoms with Gasteiger partial charge in [0.2, 0.25) is 0 Å². The van der Waals surface area contributed by atoms with Gasteiger partial charge in [-0.1, -0.05) is 30.3 Å². The maximum absolute atomic E-state index is 12.9. The average Bonchev–Trinajstić information content (AvgIpc) is 2.99. The van der Waals surface area contributed by atoms with Gasteiger partial charge in [-0.05, 0) is 29.8 Å². The van der Waals surface area contributed by atoms with Gasteiger partial charge in [0.05, 0.1) is 18.8 Å². The number of carbonyl (C=O) groups excluding carboxylic acids is 1. The molecule has 2 aromatic rings. The minimum atomic E-state index is -0.711. The highest BCUT2D eigenvalue weighted by Gasteiger charge is 2.35. The SMILES string of the molecule is O=C(NC[C@H]1OC[C@@H](NCc2ccccc2)[C@@H]1O)c1ccc(F)cc1. The summed E-state index contributed by atoms with van der Waals surface area (Å²) in [4.78, 5) is 12.0. The molecule has 0 unspecified atom stereocenters. The molecule has 2 aromatic carbocycles. The van der Waals surface area contributed by atoms with Crippen LogP contribution < -0.4 is 10.6 Å². The molecule has 1 saturated heterocycles. The summed E-state index contributed by atoms with van der Waals surface area (Å²) in [7, 11) is 0. The molecule has 3 rings (SSSR count). The Morgan fingerprint density at radius 3 is 2.60 bits per heavy atom. The van der Waals surface area contributed by atoms with Gasteiger partial charge in [0.15, 0.2) is 0 Å². The first-order valence-corrected chi connectivity index (χ1v) is 8.24. The molecule has 0 radical (unpaired) electrons. The second-order valence-electron chi connectivity index (χ2n) is 6.05. The number of hydrogen-bond donors (Lipinski definition) is 3. The van der Waals surface area contributed by atoms with E-state index in [0.717, 1.165) is 5.56 Å². The lowest BCUT2D eigenvalue weighted by atomic mass is 10.1. The Morgan fingerprint density at radius 1 is 1.16 bits per heavy atom. The van der Waals surface area contributed by atoms with Crippen LogP contribution in [0.5, 0.6) is 0 Å². The molecule has 0 saturated carbocycles. The third-order valence-corrected chi connectivity index (χ3v) is 4.26. The number of ether oxygens (including phenoxy) is 1. The summed E-state index contributed by atoms with van der Waals surface area (Å²) >= 11 is 0. The minimum Gasteiger partial charge on any atom is -0.389 e. The molecule has 25 heavy (non-hydrogen) atoms. The van der Waals surface area contributed by atoms with Crippen molar-refractivity contribution in [1.29, 1.82) is 0 Å². The molecule has 0 aromatic heterocycles. The average molecular weight is 344 g/mol. The summed E-state index contributed by atoms with van der Waals surface area (Å²) in [5, 5.41) is 16.3. The quantitative estimate of drug-likeness (QED) is 0.742. The summed E-state index contributed by atoms with van der Waals surface area (Å²) in [6.45, 7) is 1.21. The van der Waals surface area contributed by atoms with Gasteiger partial charge in [-0.15, -0.1) is 0 Å². The van der Waals surface area contributed by atoms with E-state index in [0.29, 0.717) is 18.7 Å². The van der Waals surface area contributed by atoms with E-state index in [4.69, 9.17) is 4.74 Å². The Kier molecular flexibility index (Phi) is 5.75. The summed E-state index contributed by atoms with van der Waals surface area (Å²) in [6.07, 6.45) is -1.19. The zero-order valence-electron chi connectivity index (χ0n) is 13.7. The highest BCUT2D eigenvalue weighted by Crippen LogP contribution is 2.15. The number of hydrogen-bond acceptors (Lipinski definition) is 4. The van der Waals surface area contributed by atoms with E-state index in [9.17, 15) is 14.3 Å². The van der Waals surface area contributed by atoms with Crippen LogP contribution in [-0.2, 0) is 11.3 Å². The summed E-state index contributed by atoms with van der Waals surface area (Å²) in [5.41, 5.74) is 1.50. The largest absolute Gasteiger partial charge is 0.389 e. The predicted molar refractivity (Wildman–Crippen MR) is 91.5 cm³/mol. The van der Waals surface area contributed by atoms with Gasteiger partial charge < -0.3 is 20.5 Å². The van der Waals surface area contributed by atoms with Gasteiger partial charge in [0.1, 0.15) is 11.9 Å². The molecule has 0 spiro atoms. The molecule has 1 aliphatic heterocycles. The molecule has 0 aliphatic carbocycles. The Labute approximate surface area is 145 Å². The van der Waals surface area contributed by atoms with Crippen molar-refractivity contribution in [2.45, 2.75) is 24.8 Å². The van der Waals surface area contributed by atoms with E-state index in [1.165, 1.54) is 24.3 Å². The second kappa shape index (κ2) is 8.20. The van der Waals surface area contributed by atoms with Crippen LogP contribution in [0.15, 0.2) is 54.6 Å². The van der Waals surface area contributed by atoms with Crippen molar-refractivity contribution in [3.8, 4) is 0 Å². The summed E-state index contributed by atoms with van der Waals surface area (Å²) in [6, 6.07) is 15.0. The van der Waals surface area contributed by atoms with Crippen LogP contribution >= 0.6 is 0 Å². The van der Waals surface area contributed by atoms with E-state index in [2.05, 4.69) is 10.6 Å². The van der Waals surface area contributed by atoms with E-state index in [1.54, 1.807) is 0 Å².